The van der Waals surface area contributed by atoms with Crippen LogP contribution in [0.25, 0.3) is 0 Å². The molecule has 0 atom stereocenters. The van der Waals surface area contributed by atoms with Crippen LogP contribution in [-0.4, -0.2) is 17.5 Å². The van der Waals surface area contributed by atoms with Crippen molar-refractivity contribution in [2.45, 2.75) is 43.1 Å². The molecule has 1 aliphatic rings. The van der Waals surface area contributed by atoms with E-state index >= 15 is 0 Å². The van der Waals surface area contributed by atoms with Gasteiger partial charge in [0.2, 0.25) is 0 Å². The minimum atomic E-state index is 0.262. The number of rotatable bonds is 3. The highest BCUT2D eigenvalue weighted by molar-refractivity contribution is 7.98. The molecule has 1 aromatic rings. The van der Waals surface area contributed by atoms with E-state index in [-0.39, 0.29) is 11.9 Å². The Kier molecular flexibility index (Phi) is 3.99. The second kappa shape index (κ2) is 5.48. The number of thioether (sulfide) groups is 1. The Morgan fingerprint density at radius 1 is 1.25 bits per heavy atom. The van der Waals surface area contributed by atoms with Gasteiger partial charge in [0.25, 0.3) is 0 Å². The molecule has 0 radical (unpaired) electrons. The summed E-state index contributed by atoms with van der Waals surface area (Å²) in [5, 5.41) is 9.81. The maximum absolute atomic E-state index is 9.81. The van der Waals surface area contributed by atoms with Crippen molar-refractivity contribution in [1.82, 2.24) is 0 Å². The first-order valence-electron chi connectivity index (χ1n) is 5.84. The van der Waals surface area contributed by atoms with E-state index in [0.717, 1.165) is 17.7 Å². The van der Waals surface area contributed by atoms with E-state index in [9.17, 15) is 5.11 Å². The number of benzene rings is 1. The Bertz CT molecular complexity index is 346. The molecule has 16 heavy (non-hydrogen) atoms. The Labute approximate surface area is 101 Å². The zero-order valence-corrected chi connectivity index (χ0v) is 10.4. The zero-order chi connectivity index (χ0) is 11.4. The van der Waals surface area contributed by atoms with E-state index in [2.05, 4.69) is 0 Å². The van der Waals surface area contributed by atoms with Gasteiger partial charge < -0.3 is 9.84 Å². The molecule has 0 spiro atoms. The summed E-state index contributed by atoms with van der Waals surface area (Å²) in [5.41, 5.74) is 0. The topological polar surface area (TPSA) is 29.5 Å². The molecule has 2 rings (SSSR count). The first-order valence-corrected chi connectivity index (χ1v) is 7.06. The minimum absolute atomic E-state index is 0.262. The standard InChI is InChI=1S/C13H18O2S/c1-16-12-9-5-8-11(14)13(12)15-10-6-3-2-4-7-10/h5,8-10,14H,2-4,6-7H2,1H3. The lowest BCUT2D eigenvalue weighted by Crippen LogP contribution is -2.19. The van der Waals surface area contributed by atoms with Crippen LogP contribution in [0.3, 0.4) is 0 Å². The van der Waals surface area contributed by atoms with Crippen LogP contribution >= 0.6 is 11.8 Å². The van der Waals surface area contributed by atoms with Gasteiger partial charge in [-0.1, -0.05) is 12.5 Å². The van der Waals surface area contributed by atoms with Gasteiger partial charge in [-0.15, -0.1) is 11.8 Å². The van der Waals surface area contributed by atoms with Gasteiger partial charge >= 0.3 is 0 Å². The van der Waals surface area contributed by atoms with Crippen molar-refractivity contribution < 1.29 is 9.84 Å². The van der Waals surface area contributed by atoms with Crippen LogP contribution in [0, 0.1) is 0 Å². The van der Waals surface area contributed by atoms with Gasteiger partial charge in [-0.05, 0) is 44.1 Å². The molecule has 0 aromatic heterocycles. The summed E-state index contributed by atoms with van der Waals surface area (Å²) in [4.78, 5) is 1.02. The molecule has 0 aliphatic heterocycles. The van der Waals surface area contributed by atoms with Gasteiger partial charge in [-0.3, -0.25) is 0 Å². The molecule has 2 nitrogen and oxygen atoms in total. The zero-order valence-electron chi connectivity index (χ0n) is 9.61. The van der Waals surface area contributed by atoms with Gasteiger partial charge in [0.05, 0.1) is 11.0 Å². The summed E-state index contributed by atoms with van der Waals surface area (Å²) in [6.45, 7) is 0. The lowest BCUT2D eigenvalue weighted by Gasteiger charge is -2.24. The molecule has 0 heterocycles. The molecule has 0 bridgehead atoms. The van der Waals surface area contributed by atoms with Crippen LogP contribution in [0.1, 0.15) is 32.1 Å². The number of para-hydroxylation sites is 1. The first kappa shape index (κ1) is 11.6. The molecular formula is C13H18O2S. The molecule has 0 saturated heterocycles. The quantitative estimate of drug-likeness (QED) is 0.812. The number of aromatic hydroxyl groups is 1. The summed E-state index contributed by atoms with van der Waals surface area (Å²) >= 11 is 1.61. The fraction of sp³-hybridized carbons (Fsp3) is 0.538. The molecule has 1 N–H and O–H groups in total. The van der Waals surface area contributed by atoms with Crippen molar-refractivity contribution in [2.75, 3.05) is 6.26 Å². The van der Waals surface area contributed by atoms with Crippen LogP contribution in [0.5, 0.6) is 11.5 Å². The highest BCUT2D eigenvalue weighted by Gasteiger charge is 2.18. The fourth-order valence-corrected chi connectivity index (χ4v) is 2.69. The molecule has 1 aliphatic carbocycles. The fourth-order valence-electron chi connectivity index (χ4n) is 2.13. The lowest BCUT2D eigenvalue weighted by atomic mass is 9.98. The smallest absolute Gasteiger partial charge is 0.174 e. The summed E-state index contributed by atoms with van der Waals surface area (Å²) in [6, 6.07) is 5.54. The molecule has 1 saturated carbocycles. The second-order valence-corrected chi connectivity index (χ2v) is 5.03. The van der Waals surface area contributed by atoms with E-state index in [0.29, 0.717) is 5.75 Å². The summed E-state index contributed by atoms with van der Waals surface area (Å²) in [5.74, 6) is 0.930. The van der Waals surface area contributed by atoms with Crippen LogP contribution in [0.4, 0.5) is 0 Å². The Morgan fingerprint density at radius 2 is 2.00 bits per heavy atom. The van der Waals surface area contributed by atoms with Gasteiger partial charge in [-0.25, -0.2) is 0 Å². The van der Waals surface area contributed by atoms with Crippen molar-refractivity contribution in [3.63, 3.8) is 0 Å². The van der Waals surface area contributed by atoms with Crippen molar-refractivity contribution in [1.29, 1.82) is 0 Å². The summed E-state index contributed by atoms with van der Waals surface area (Å²) in [6.07, 6.45) is 8.32. The van der Waals surface area contributed by atoms with Gasteiger partial charge in [0, 0.05) is 0 Å². The molecule has 88 valence electrons. The maximum Gasteiger partial charge on any atom is 0.174 e. The van der Waals surface area contributed by atoms with E-state index in [1.54, 1.807) is 17.8 Å². The van der Waals surface area contributed by atoms with Gasteiger partial charge in [-0.2, -0.15) is 0 Å². The maximum atomic E-state index is 9.81. The minimum Gasteiger partial charge on any atom is -0.504 e. The molecule has 0 amide bonds. The average molecular weight is 238 g/mol. The largest absolute Gasteiger partial charge is 0.504 e. The summed E-state index contributed by atoms with van der Waals surface area (Å²) in [7, 11) is 0. The predicted octanol–water partition coefficient (Wildman–Crippen LogP) is 3.83. The highest BCUT2D eigenvalue weighted by Crippen LogP contribution is 2.37. The first-order chi connectivity index (χ1) is 7.81. The van der Waals surface area contributed by atoms with E-state index in [1.807, 2.05) is 18.4 Å². The molecular weight excluding hydrogens is 220 g/mol. The number of hydrogen-bond donors (Lipinski definition) is 1. The third-order valence-corrected chi connectivity index (χ3v) is 3.78. The van der Waals surface area contributed by atoms with E-state index < -0.39 is 0 Å². The van der Waals surface area contributed by atoms with Crippen molar-refractivity contribution in [3.8, 4) is 11.5 Å². The van der Waals surface area contributed by atoms with E-state index in [4.69, 9.17) is 4.74 Å². The summed E-state index contributed by atoms with van der Waals surface area (Å²) < 4.78 is 5.94. The second-order valence-electron chi connectivity index (χ2n) is 4.19. The number of phenols is 1. The predicted molar refractivity (Wildman–Crippen MR) is 67.4 cm³/mol. The average Bonchev–Trinajstić information content (AvgIpc) is 2.33. The number of hydrogen-bond acceptors (Lipinski definition) is 3. The van der Waals surface area contributed by atoms with Crippen LogP contribution < -0.4 is 4.74 Å². The number of ether oxygens (including phenoxy) is 1. The third kappa shape index (κ3) is 2.64. The van der Waals surface area contributed by atoms with Crippen LogP contribution in [0.2, 0.25) is 0 Å². The van der Waals surface area contributed by atoms with Gasteiger partial charge in [0.15, 0.2) is 11.5 Å². The Hall–Kier alpha value is -0.830. The Morgan fingerprint density at radius 3 is 2.69 bits per heavy atom. The monoisotopic (exact) mass is 238 g/mol. The lowest BCUT2D eigenvalue weighted by molar-refractivity contribution is 0.146. The molecule has 3 heteroatoms. The number of phenolic OH excluding ortho intramolecular Hbond substituents is 1. The van der Waals surface area contributed by atoms with Crippen molar-refractivity contribution in [3.05, 3.63) is 18.2 Å². The van der Waals surface area contributed by atoms with Gasteiger partial charge in [0.1, 0.15) is 0 Å². The highest BCUT2D eigenvalue weighted by atomic mass is 32.2. The van der Waals surface area contributed by atoms with Crippen molar-refractivity contribution >= 4 is 11.8 Å². The van der Waals surface area contributed by atoms with E-state index in [1.165, 1.54) is 19.3 Å². The van der Waals surface area contributed by atoms with Crippen molar-refractivity contribution in [2.24, 2.45) is 0 Å². The molecule has 0 unspecified atom stereocenters. The normalized spacial score (nSPS) is 17.3. The van der Waals surface area contributed by atoms with Crippen LogP contribution in [0.15, 0.2) is 23.1 Å². The molecule has 1 fully saturated rings. The van der Waals surface area contributed by atoms with Crippen LogP contribution in [-0.2, 0) is 0 Å². The third-order valence-electron chi connectivity index (χ3n) is 3.01. The molecule has 1 aromatic carbocycles. The SMILES string of the molecule is CSc1cccc(O)c1OC1CCCCC1. The Balaban J connectivity index is 2.12.